The summed E-state index contributed by atoms with van der Waals surface area (Å²) < 4.78 is 5.20. The molecule has 0 aromatic heterocycles. The van der Waals surface area contributed by atoms with E-state index in [0.717, 1.165) is 25.1 Å². The Hall–Kier alpha value is -3.35. The van der Waals surface area contributed by atoms with E-state index in [2.05, 4.69) is 16.6 Å². The van der Waals surface area contributed by atoms with E-state index >= 15 is 0 Å². The minimum Gasteiger partial charge on any atom is -0.481 e. The van der Waals surface area contributed by atoms with Crippen LogP contribution in [0.1, 0.15) is 17.5 Å². The highest BCUT2D eigenvalue weighted by Gasteiger charge is 2.18. The second-order valence-corrected chi connectivity index (χ2v) is 6.17. The first kappa shape index (κ1) is 18.4. The lowest BCUT2D eigenvalue weighted by Crippen LogP contribution is -2.38. The average Bonchev–Trinajstić information content (AvgIpc) is 2.67. The van der Waals surface area contributed by atoms with Crippen LogP contribution in [-0.4, -0.2) is 42.9 Å². The largest absolute Gasteiger partial charge is 0.481 e. The lowest BCUT2D eigenvalue weighted by molar-refractivity contribution is -0.139. The predicted octanol–water partition coefficient (Wildman–Crippen LogP) is 2.05. The Morgan fingerprint density at radius 3 is 2.81 bits per heavy atom. The molecule has 0 fully saturated rings. The number of fused-ring (bicyclic) bond motifs is 1. The second kappa shape index (κ2) is 8.84. The number of hydrazone groups is 1. The van der Waals surface area contributed by atoms with Crippen molar-refractivity contribution in [3.05, 3.63) is 59.7 Å². The van der Waals surface area contributed by atoms with Gasteiger partial charge in [0.1, 0.15) is 5.75 Å². The van der Waals surface area contributed by atoms with Crippen molar-refractivity contribution < 1.29 is 19.4 Å². The Kier molecular flexibility index (Phi) is 6.04. The van der Waals surface area contributed by atoms with Crippen LogP contribution in [0.15, 0.2) is 53.6 Å². The molecule has 1 amide bonds. The number of carboxylic acid groups (broad SMARTS) is 1. The van der Waals surface area contributed by atoms with Crippen LogP contribution in [0.3, 0.4) is 0 Å². The third-order valence-electron chi connectivity index (χ3n) is 4.20. The molecule has 0 radical (unpaired) electrons. The van der Waals surface area contributed by atoms with Crippen LogP contribution in [-0.2, 0) is 16.0 Å². The summed E-state index contributed by atoms with van der Waals surface area (Å²) in [5, 5.41) is 12.7. The van der Waals surface area contributed by atoms with Gasteiger partial charge in [0, 0.05) is 17.8 Å². The molecular weight excluding hydrogens is 346 g/mol. The number of para-hydroxylation sites is 2. The van der Waals surface area contributed by atoms with Crippen molar-refractivity contribution in [3.8, 4) is 5.75 Å². The van der Waals surface area contributed by atoms with Crippen molar-refractivity contribution in [2.24, 2.45) is 5.10 Å². The number of benzene rings is 2. The molecule has 3 rings (SSSR count). The number of nitrogens with zero attached hydrogens (tertiary/aromatic N) is 2. The Bertz CT molecular complexity index is 851. The summed E-state index contributed by atoms with van der Waals surface area (Å²) in [6, 6.07) is 15.0. The average molecular weight is 367 g/mol. The Morgan fingerprint density at radius 2 is 1.96 bits per heavy atom. The molecule has 0 unspecified atom stereocenters. The van der Waals surface area contributed by atoms with Crippen LogP contribution in [0.5, 0.6) is 5.75 Å². The second-order valence-electron chi connectivity index (χ2n) is 6.17. The molecule has 2 aromatic rings. The van der Waals surface area contributed by atoms with Gasteiger partial charge in [0.2, 0.25) is 0 Å². The van der Waals surface area contributed by atoms with E-state index in [-0.39, 0.29) is 12.5 Å². The van der Waals surface area contributed by atoms with Crippen molar-refractivity contribution in [3.63, 3.8) is 0 Å². The number of rotatable bonds is 7. The number of hydrogen-bond acceptors (Lipinski definition) is 5. The third kappa shape index (κ3) is 5.07. The molecule has 1 heterocycles. The van der Waals surface area contributed by atoms with E-state index in [4.69, 9.17) is 9.84 Å². The SMILES string of the molecule is O=C(O)COc1ccccc1/C=N/NC(=O)CN1CCCc2ccccc21. The van der Waals surface area contributed by atoms with E-state index in [0.29, 0.717) is 11.3 Å². The topological polar surface area (TPSA) is 91.2 Å². The minimum atomic E-state index is -1.06. The highest BCUT2D eigenvalue weighted by molar-refractivity contribution is 5.86. The first-order valence-electron chi connectivity index (χ1n) is 8.72. The van der Waals surface area contributed by atoms with E-state index < -0.39 is 12.6 Å². The summed E-state index contributed by atoms with van der Waals surface area (Å²) in [5.74, 6) is -0.883. The molecule has 2 aromatic carbocycles. The number of carboxylic acids is 1. The molecule has 7 heteroatoms. The molecule has 1 aliphatic heterocycles. The fourth-order valence-electron chi connectivity index (χ4n) is 3.02. The van der Waals surface area contributed by atoms with Gasteiger partial charge < -0.3 is 14.7 Å². The van der Waals surface area contributed by atoms with Gasteiger partial charge in [0.05, 0.1) is 12.8 Å². The third-order valence-corrected chi connectivity index (χ3v) is 4.20. The summed E-state index contributed by atoms with van der Waals surface area (Å²) in [7, 11) is 0. The molecule has 2 N–H and O–H groups in total. The minimum absolute atomic E-state index is 0.216. The van der Waals surface area contributed by atoms with E-state index in [1.807, 2.05) is 23.1 Å². The number of aryl methyl sites for hydroxylation is 1. The van der Waals surface area contributed by atoms with Crippen molar-refractivity contribution in [2.45, 2.75) is 12.8 Å². The lowest BCUT2D eigenvalue weighted by Gasteiger charge is -2.30. The number of hydrogen-bond donors (Lipinski definition) is 2. The van der Waals surface area contributed by atoms with Crippen LogP contribution < -0.4 is 15.1 Å². The number of carbonyl (C=O) groups is 2. The highest BCUT2D eigenvalue weighted by Crippen LogP contribution is 2.26. The van der Waals surface area contributed by atoms with Crippen LogP contribution in [0.4, 0.5) is 5.69 Å². The number of amides is 1. The van der Waals surface area contributed by atoms with Crippen LogP contribution in [0, 0.1) is 0 Å². The maximum absolute atomic E-state index is 12.2. The fraction of sp³-hybridized carbons (Fsp3) is 0.250. The van der Waals surface area contributed by atoms with E-state index in [9.17, 15) is 9.59 Å². The number of carbonyl (C=O) groups excluding carboxylic acids is 1. The first-order valence-corrected chi connectivity index (χ1v) is 8.72. The molecule has 0 aliphatic carbocycles. The van der Waals surface area contributed by atoms with Gasteiger partial charge in [-0.2, -0.15) is 5.10 Å². The summed E-state index contributed by atoms with van der Waals surface area (Å²) in [5.41, 5.74) is 5.45. The smallest absolute Gasteiger partial charge is 0.341 e. The summed E-state index contributed by atoms with van der Waals surface area (Å²) in [6.07, 6.45) is 3.49. The van der Waals surface area contributed by atoms with Crippen molar-refractivity contribution in [1.82, 2.24) is 5.43 Å². The Balaban J connectivity index is 1.58. The Labute approximate surface area is 157 Å². The zero-order valence-corrected chi connectivity index (χ0v) is 14.8. The standard InChI is InChI=1S/C20H21N3O4/c24-19(13-23-11-5-8-15-6-1-3-9-17(15)23)22-21-12-16-7-2-4-10-18(16)27-14-20(25)26/h1-4,6-7,9-10,12H,5,8,11,13-14H2,(H,22,24)(H,25,26)/b21-12+. The molecule has 0 saturated carbocycles. The van der Waals surface area contributed by atoms with Gasteiger partial charge in [0.25, 0.3) is 5.91 Å². The predicted molar refractivity (Wildman–Crippen MR) is 102 cm³/mol. The number of aliphatic carboxylic acids is 1. The molecule has 140 valence electrons. The molecule has 27 heavy (non-hydrogen) atoms. The van der Waals surface area contributed by atoms with Crippen molar-refractivity contribution >= 4 is 23.8 Å². The maximum atomic E-state index is 12.2. The Morgan fingerprint density at radius 1 is 1.19 bits per heavy atom. The molecule has 0 atom stereocenters. The molecule has 0 bridgehead atoms. The highest BCUT2D eigenvalue weighted by atomic mass is 16.5. The van der Waals surface area contributed by atoms with Crippen molar-refractivity contribution in [1.29, 1.82) is 0 Å². The van der Waals surface area contributed by atoms with Crippen LogP contribution in [0.2, 0.25) is 0 Å². The summed E-state index contributed by atoms with van der Waals surface area (Å²) >= 11 is 0. The monoisotopic (exact) mass is 367 g/mol. The first-order chi connectivity index (χ1) is 13.1. The maximum Gasteiger partial charge on any atom is 0.341 e. The quantitative estimate of drug-likeness (QED) is 0.577. The van der Waals surface area contributed by atoms with Gasteiger partial charge in [-0.3, -0.25) is 4.79 Å². The zero-order chi connectivity index (χ0) is 19.1. The lowest BCUT2D eigenvalue weighted by atomic mass is 10.0. The molecule has 7 nitrogen and oxygen atoms in total. The van der Waals surface area contributed by atoms with Gasteiger partial charge in [-0.25, -0.2) is 10.2 Å². The number of ether oxygens (including phenoxy) is 1. The number of anilines is 1. The van der Waals surface area contributed by atoms with Crippen LogP contribution in [0.25, 0.3) is 0 Å². The number of nitrogens with one attached hydrogen (secondary N) is 1. The van der Waals surface area contributed by atoms with Crippen LogP contribution >= 0.6 is 0 Å². The van der Waals surface area contributed by atoms with E-state index in [1.54, 1.807) is 24.3 Å². The van der Waals surface area contributed by atoms with Gasteiger partial charge in [-0.1, -0.05) is 30.3 Å². The fourth-order valence-corrected chi connectivity index (χ4v) is 3.02. The summed E-state index contributed by atoms with van der Waals surface area (Å²) in [6.45, 7) is 0.622. The normalized spacial score (nSPS) is 13.3. The van der Waals surface area contributed by atoms with Gasteiger partial charge >= 0.3 is 5.97 Å². The zero-order valence-electron chi connectivity index (χ0n) is 14.8. The van der Waals surface area contributed by atoms with Gasteiger partial charge in [-0.15, -0.1) is 0 Å². The summed E-state index contributed by atoms with van der Waals surface area (Å²) in [4.78, 5) is 24.9. The molecule has 0 saturated heterocycles. The van der Waals surface area contributed by atoms with Gasteiger partial charge in [0.15, 0.2) is 6.61 Å². The van der Waals surface area contributed by atoms with E-state index in [1.165, 1.54) is 11.8 Å². The molecule has 1 aliphatic rings. The molecule has 0 spiro atoms. The van der Waals surface area contributed by atoms with Gasteiger partial charge in [-0.05, 0) is 36.6 Å². The molecular formula is C20H21N3O4. The van der Waals surface area contributed by atoms with Crippen molar-refractivity contribution in [2.75, 3.05) is 24.6 Å².